The summed E-state index contributed by atoms with van der Waals surface area (Å²) in [4.78, 5) is 2.48. The number of methoxy groups -OCH3 is 1. The third kappa shape index (κ3) is 5.99. The highest BCUT2D eigenvalue weighted by Crippen LogP contribution is 2.17. The molecule has 1 saturated heterocycles. The molecule has 3 nitrogen and oxygen atoms in total. The van der Waals surface area contributed by atoms with E-state index in [0.29, 0.717) is 0 Å². The summed E-state index contributed by atoms with van der Waals surface area (Å²) in [6.45, 7) is 10.1. The van der Waals surface area contributed by atoms with Crippen LogP contribution in [0.1, 0.15) is 12.8 Å². The third-order valence-corrected chi connectivity index (χ3v) is 3.17. The van der Waals surface area contributed by atoms with E-state index in [2.05, 4.69) is 32.7 Å². The van der Waals surface area contributed by atoms with Crippen molar-refractivity contribution in [1.82, 2.24) is 10.2 Å². The molecule has 1 rings (SSSR count). The van der Waals surface area contributed by atoms with Crippen LogP contribution in [0.5, 0.6) is 0 Å². The van der Waals surface area contributed by atoms with Gasteiger partial charge < -0.3 is 10.1 Å². The first kappa shape index (κ1) is 14.2. The van der Waals surface area contributed by atoms with Gasteiger partial charge in [-0.25, -0.2) is 0 Å². The maximum Gasteiger partial charge on any atom is 0.0587 e. The van der Waals surface area contributed by atoms with Crippen LogP contribution < -0.4 is 5.32 Å². The van der Waals surface area contributed by atoms with E-state index in [1.54, 1.807) is 7.11 Å². The summed E-state index contributed by atoms with van der Waals surface area (Å²) in [6.07, 6.45) is 2.64. The Morgan fingerprint density at radius 3 is 3.12 bits per heavy atom. The Kier molecular flexibility index (Phi) is 7.28. The first-order valence-electron chi connectivity index (χ1n) is 5.97. The number of rotatable bonds is 7. The van der Waals surface area contributed by atoms with Gasteiger partial charge in [-0.05, 0) is 31.8 Å². The fourth-order valence-corrected chi connectivity index (χ4v) is 2.54. The fourth-order valence-electron chi connectivity index (χ4n) is 2.18. The van der Waals surface area contributed by atoms with Gasteiger partial charge in [-0.3, -0.25) is 4.90 Å². The first-order valence-corrected chi connectivity index (χ1v) is 6.77. The molecule has 0 aromatic rings. The minimum atomic E-state index is 0.775. The molecule has 1 aliphatic heterocycles. The molecule has 4 heteroatoms. The second-order valence-electron chi connectivity index (χ2n) is 4.46. The van der Waals surface area contributed by atoms with Crippen molar-refractivity contribution in [3.05, 3.63) is 11.1 Å². The van der Waals surface area contributed by atoms with Crippen molar-refractivity contribution in [3.63, 3.8) is 0 Å². The zero-order valence-electron chi connectivity index (χ0n) is 10.2. The zero-order chi connectivity index (χ0) is 11.8. The van der Waals surface area contributed by atoms with Crippen molar-refractivity contribution in [1.29, 1.82) is 0 Å². The molecule has 16 heavy (non-hydrogen) atoms. The van der Waals surface area contributed by atoms with Crippen LogP contribution in [-0.2, 0) is 4.74 Å². The van der Waals surface area contributed by atoms with Crippen LogP contribution in [0.25, 0.3) is 0 Å². The SMILES string of the molecule is C=C(Br)CN1CCCC(CNCCOC)C1. The van der Waals surface area contributed by atoms with Gasteiger partial charge in [0.2, 0.25) is 0 Å². The average Bonchev–Trinajstić information content (AvgIpc) is 2.24. The molecule has 1 aliphatic rings. The molecule has 1 fully saturated rings. The molecule has 1 heterocycles. The molecule has 0 saturated carbocycles. The molecule has 0 amide bonds. The molecule has 0 bridgehead atoms. The number of nitrogens with one attached hydrogen (secondary N) is 1. The number of nitrogens with zero attached hydrogens (tertiary/aromatic N) is 1. The summed E-state index contributed by atoms with van der Waals surface area (Å²) >= 11 is 3.43. The number of piperidine rings is 1. The van der Waals surface area contributed by atoms with Gasteiger partial charge in [-0.2, -0.15) is 0 Å². The van der Waals surface area contributed by atoms with Gasteiger partial charge in [0.25, 0.3) is 0 Å². The van der Waals surface area contributed by atoms with Crippen LogP contribution in [0.15, 0.2) is 11.1 Å². The first-order chi connectivity index (χ1) is 7.72. The van der Waals surface area contributed by atoms with Crippen LogP contribution in [0, 0.1) is 5.92 Å². The van der Waals surface area contributed by atoms with Crippen molar-refractivity contribution in [2.45, 2.75) is 12.8 Å². The Bertz CT molecular complexity index is 211. The summed E-state index contributed by atoms with van der Waals surface area (Å²) in [5.41, 5.74) is 0. The van der Waals surface area contributed by atoms with Crippen LogP contribution in [0.2, 0.25) is 0 Å². The van der Waals surface area contributed by atoms with E-state index in [1.165, 1.54) is 25.9 Å². The van der Waals surface area contributed by atoms with E-state index in [9.17, 15) is 0 Å². The molecule has 94 valence electrons. The molecular weight excluding hydrogens is 268 g/mol. The summed E-state index contributed by atoms with van der Waals surface area (Å²) in [7, 11) is 1.74. The van der Waals surface area contributed by atoms with Gasteiger partial charge in [0.15, 0.2) is 0 Å². The van der Waals surface area contributed by atoms with E-state index in [-0.39, 0.29) is 0 Å². The normalized spacial score (nSPS) is 22.2. The lowest BCUT2D eigenvalue weighted by Crippen LogP contribution is -2.40. The number of hydrogen-bond acceptors (Lipinski definition) is 3. The van der Waals surface area contributed by atoms with Gasteiger partial charge >= 0.3 is 0 Å². The zero-order valence-corrected chi connectivity index (χ0v) is 11.8. The topological polar surface area (TPSA) is 24.5 Å². The summed E-state index contributed by atoms with van der Waals surface area (Å²) < 4.78 is 6.10. The quantitative estimate of drug-likeness (QED) is 0.724. The highest BCUT2D eigenvalue weighted by Gasteiger charge is 2.19. The summed E-state index contributed by atoms with van der Waals surface area (Å²) in [5, 5.41) is 3.44. The van der Waals surface area contributed by atoms with Crippen molar-refractivity contribution >= 4 is 15.9 Å². The maximum atomic E-state index is 5.01. The number of halogens is 1. The highest BCUT2D eigenvalue weighted by atomic mass is 79.9. The number of hydrogen-bond donors (Lipinski definition) is 1. The van der Waals surface area contributed by atoms with Crippen molar-refractivity contribution in [2.24, 2.45) is 5.92 Å². The maximum absolute atomic E-state index is 5.01. The second kappa shape index (κ2) is 8.23. The number of ether oxygens (including phenoxy) is 1. The summed E-state index contributed by atoms with van der Waals surface area (Å²) in [5.74, 6) is 0.775. The minimum Gasteiger partial charge on any atom is -0.383 e. The molecule has 0 aliphatic carbocycles. The van der Waals surface area contributed by atoms with Gasteiger partial charge in [-0.1, -0.05) is 22.5 Å². The van der Waals surface area contributed by atoms with Crippen LogP contribution >= 0.6 is 15.9 Å². The van der Waals surface area contributed by atoms with Gasteiger partial charge in [0.1, 0.15) is 0 Å². The van der Waals surface area contributed by atoms with Crippen molar-refractivity contribution in [3.8, 4) is 0 Å². The standard InChI is InChI=1S/C12H23BrN2O/c1-11(13)9-15-6-3-4-12(10-15)8-14-5-7-16-2/h12,14H,1,3-10H2,2H3. The predicted octanol–water partition coefficient (Wildman–Crippen LogP) is 1.84. The number of likely N-dealkylation sites (tertiary alicyclic amines) is 1. The monoisotopic (exact) mass is 290 g/mol. The molecule has 1 N–H and O–H groups in total. The minimum absolute atomic E-state index is 0.775. The largest absolute Gasteiger partial charge is 0.383 e. The third-order valence-electron chi connectivity index (χ3n) is 2.91. The Morgan fingerprint density at radius 1 is 1.62 bits per heavy atom. The van der Waals surface area contributed by atoms with Gasteiger partial charge in [-0.15, -0.1) is 0 Å². The van der Waals surface area contributed by atoms with Gasteiger partial charge in [0.05, 0.1) is 6.61 Å². The smallest absolute Gasteiger partial charge is 0.0587 e. The van der Waals surface area contributed by atoms with Crippen LogP contribution in [-0.4, -0.2) is 51.3 Å². The molecule has 0 aromatic carbocycles. The summed E-state index contributed by atoms with van der Waals surface area (Å²) in [6, 6.07) is 0. The molecular formula is C12H23BrN2O. The van der Waals surface area contributed by atoms with Crippen molar-refractivity contribution in [2.75, 3.05) is 46.4 Å². The Labute approximate surface area is 107 Å². The molecule has 0 aromatic heterocycles. The lowest BCUT2D eigenvalue weighted by molar-refractivity contribution is 0.175. The van der Waals surface area contributed by atoms with Gasteiger partial charge in [0, 0.05) is 31.2 Å². The Hall–Kier alpha value is 0.1000. The Morgan fingerprint density at radius 2 is 2.44 bits per heavy atom. The average molecular weight is 291 g/mol. The van der Waals surface area contributed by atoms with Crippen LogP contribution in [0.3, 0.4) is 0 Å². The molecule has 1 unspecified atom stereocenters. The molecule has 0 spiro atoms. The van der Waals surface area contributed by atoms with E-state index < -0.39 is 0 Å². The molecule has 0 radical (unpaired) electrons. The van der Waals surface area contributed by atoms with Crippen molar-refractivity contribution < 1.29 is 4.74 Å². The lowest BCUT2D eigenvalue weighted by atomic mass is 9.98. The Balaban J connectivity index is 2.14. The lowest BCUT2D eigenvalue weighted by Gasteiger charge is -2.32. The predicted molar refractivity (Wildman–Crippen MR) is 72.0 cm³/mol. The van der Waals surface area contributed by atoms with E-state index in [4.69, 9.17) is 4.74 Å². The van der Waals surface area contributed by atoms with E-state index >= 15 is 0 Å². The van der Waals surface area contributed by atoms with E-state index in [1.807, 2.05) is 0 Å². The second-order valence-corrected chi connectivity index (χ2v) is 5.58. The van der Waals surface area contributed by atoms with Crippen LogP contribution in [0.4, 0.5) is 0 Å². The van der Waals surface area contributed by atoms with E-state index in [0.717, 1.165) is 36.6 Å². The highest BCUT2D eigenvalue weighted by molar-refractivity contribution is 9.11. The molecule has 1 atom stereocenters. The fraction of sp³-hybridized carbons (Fsp3) is 0.833.